The normalized spacial score (nSPS) is 14.9. The Morgan fingerprint density at radius 2 is 1.70 bits per heavy atom. The molecule has 0 amide bonds. The van der Waals surface area contributed by atoms with Gasteiger partial charge in [-0.15, -0.1) is 0 Å². The van der Waals surface area contributed by atoms with Crippen molar-refractivity contribution in [3.8, 4) is 5.75 Å². The third-order valence-electron chi connectivity index (χ3n) is 3.13. The van der Waals surface area contributed by atoms with Crippen molar-refractivity contribution in [3.63, 3.8) is 0 Å². The summed E-state index contributed by atoms with van der Waals surface area (Å²) in [4.78, 5) is 0. The SMILES string of the molecule is COc1ccc(CCC(C)NC(C)CC(F)(F)F)cc1. The first-order valence-corrected chi connectivity index (χ1v) is 6.76. The van der Waals surface area contributed by atoms with Crippen LogP contribution in [0.15, 0.2) is 24.3 Å². The highest BCUT2D eigenvalue weighted by atomic mass is 19.4. The van der Waals surface area contributed by atoms with Gasteiger partial charge in [-0.25, -0.2) is 0 Å². The molecule has 2 atom stereocenters. The Morgan fingerprint density at radius 3 is 2.20 bits per heavy atom. The number of nitrogens with one attached hydrogen (secondary N) is 1. The molecule has 114 valence electrons. The van der Waals surface area contributed by atoms with E-state index < -0.39 is 18.6 Å². The Labute approximate surface area is 118 Å². The van der Waals surface area contributed by atoms with Gasteiger partial charge in [-0.1, -0.05) is 12.1 Å². The van der Waals surface area contributed by atoms with Crippen molar-refractivity contribution in [1.29, 1.82) is 0 Å². The van der Waals surface area contributed by atoms with Crippen LogP contribution in [0.4, 0.5) is 13.2 Å². The summed E-state index contributed by atoms with van der Waals surface area (Å²) < 4.78 is 41.8. The van der Waals surface area contributed by atoms with E-state index in [4.69, 9.17) is 4.74 Å². The van der Waals surface area contributed by atoms with Gasteiger partial charge in [0.05, 0.1) is 13.5 Å². The molecular weight excluding hydrogens is 267 g/mol. The maximum Gasteiger partial charge on any atom is 0.390 e. The lowest BCUT2D eigenvalue weighted by Gasteiger charge is -2.21. The van der Waals surface area contributed by atoms with Crippen molar-refractivity contribution in [2.24, 2.45) is 0 Å². The number of rotatable bonds is 7. The molecule has 0 bridgehead atoms. The summed E-state index contributed by atoms with van der Waals surface area (Å²) in [6.45, 7) is 3.48. The van der Waals surface area contributed by atoms with Crippen LogP contribution < -0.4 is 10.1 Å². The zero-order chi connectivity index (χ0) is 15.2. The second-order valence-corrected chi connectivity index (χ2v) is 5.17. The minimum Gasteiger partial charge on any atom is -0.497 e. The van der Waals surface area contributed by atoms with Gasteiger partial charge in [0.2, 0.25) is 0 Å². The van der Waals surface area contributed by atoms with E-state index in [0.29, 0.717) is 0 Å². The molecule has 5 heteroatoms. The van der Waals surface area contributed by atoms with E-state index in [1.807, 2.05) is 31.2 Å². The van der Waals surface area contributed by atoms with Crippen LogP contribution >= 0.6 is 0 Å². The first kappa shape index (κ1) is 16.8. The Hall–Kier alpha value is -1.23. The highest BCUT2D eigenvalue weighted by Gasteiger charge is 2.30. The van der Waals surface area contributed by atoms with Gasteiger partial charge < -0.3 is 10.1 Å². The smallest absolute Gasteiger partial charge is 0.390 e. The van der Waals surface area contributed by atoms with Gasteiger partial charge in [-0.2, -0.15) is 13.2 Å². The maximum absolute atomic E-state index is 12.2. The summed E-state index contributed by atoms with van der Waals surface area (Å²) in [5.74, 6) is 0.804. The molecule has 0 aliphatic heterocycles. The number of alkyl halides is 3. The van der Waals surface area contributed by atoms with Crippen molar-refractivity contribution in [3.05, 3.63) is 29.8 Å². The zero-order valence-corrected chi connectivity index (χ0v) is 12.1. The van der Waals surface area contributed by atoms with Crippen molar-refractivity contribution in [2.75, 3.05) is 7.11 Å². The maximum atomic E-state index is 12.2. The molecule has 0 radical (unpaired) electrons. The number of aryl methyl sites for hydroxylation is 1. The lowest BCUT2D eigenvalue weighted by molar-refractivity contribution is -0.139. The zero-order valence-electron chi connectivity index (χ0n) is 12.1. The summed E-state index contributed by atoms with van der Waals surface area (Å²) in [6, 6.07) is 7.23. The molecule has 0 fully saturated rings. The molecule has 2 nitrogen and oxygen atoms in total. The van der Waals surface area contributed by atoms with Crippen molar-refractivity contribution in [1.82, 2.24) is 5.32 Å². The van der Waals surface area contributed by atoms with Crippen molar-refractivity contribution in [2.45, 2.75) is 51.4 Å². The molecular formula is C15H22F3NO. The molecule has 1 aromatic rings. The first-order valence-electron chi connectivity index (χ1n) is 6.76. The molecule has 0 saturated carbocycles. The largest absolute Gasteiger partial charge is 0.497 e. The Balaban J connectivity index is 2.33. The lowest BCUT2D eigenvalue weighted by atomic mass is 10.0. The fourth-order valence-corrected chi connectivity index (χ4v) is 2.15. The predicted octanol–water partition coefficient (Wildman–Crippen LogP) is 3.95. The van der Waals surface area contributed by atoms with Crippen LogP contribution in [-0.4, -0.2) is 25.4 Å². The number of benzene rings is 1. The second-order valence-electron chi connectivity index (χ2n) is 5.17. The summed E-state index contributed by atoms with van der Waals surface area (Å²) in [5, 5.41) is 2.98. The number of methoxy groups -OCH3 is 1. The number of hydrogen-bond acceptors (Lipinski definition) is 2. The molecule has 1 N–H and O–H groups in total. The van der Waals surface area contributed by atoms with E-state index in [-0.39, 0.29) is 6.04 Å². The van der Waals surface area contributed by atoms with Gasteiger partial charge in [-0.3, -0.25) is 0 Å². The second kappa shape index (κ2) is 7.53. The van der Waals surface area contributed by atoms with Gasteiger partial charge in [0.15, 0.2) is 0 Å². The summed E-state index contributed by atoms with van der Waals surface area (Å²) in [5.41, 5.74) is 1.16. The number of ether oxygens (including phenoxy) is 1. The van der Waals surface area contributed by atoms with Gasteiger partial charge in [-0.05, 0) is 44.4 Å². The third kappa shape index (κ3) is 6.80. The van der Waals surface area contributed by atoms with Gasteiger partial charge in [0, 0.05) is 12.1 Å². The Morgan fingerprint density at radius 1 is 1.10 bits per heavy atom. The first-order chi connectivity index (χ1) is 9.30. The lowest BCUT2D eigenvalue weighted by Crippen LogP contribution is -2.37. The average molecular weight is 289 g/mol. The van der Waals surface area contributed by atoms with Crippen molar-refractivity contribution >= 4 is 0 Å². The van der Waals surface area contributed by atoms with Crippen LogP contribution in [0.3, 0.4) is 0 Å². The van der Waals surface area contributed by atoms with Crippen LogP contribution in [0.5, 0.6) is 5.75 Å². The van der Waals surface area contributed by atoms with E-state index in [0.717, 1.165) is 24.2 Å². The molecule has 0 spiro atoms. The topological polar surface area (TPSA) is 21.3 Å². The Bertz CT molecular complexity index is 389. The van der Waals surface area contributed by atoms with Crippen LogP contribution in [-0.2, 0) is 6.42 Å². The van der Waals surface area contributed by atoms with E-state index in [1.165, 1.54) is 0 Å². The number of hydrogen-bond donors (Lipinski definition) is 1. The molecule has 0 heterocycles. The molecule has 2 unspecified atom stereocenters. The van der Waals surface area contributed by atoms with Crippen LogP contribution in [0.2, 0.25) is 0 Å². The minimum atomic E-state index is -4.11. The molecule has 0 aromatic heterocycles. The van der Waals surface area contributed by atoms with Crippen LogP contribution in [0.1, 0.15) is 32.3 Å². The van der Waals surface area contributed by atoms with E-state index in [2.05, 4.69) is 5.32 Å². The fraction of sp³-hybridized carbons (Fsp3) is 0.600. The predicted molar refractivity (Wildman–Crippen MR) is 74.0 cm³/mol. The number of halogens is 3. The summed E-state index contributed by atoms with van der Waals surface area (Å²) >= 11 is 0. The quantitative estimate of drug-likeness (QED) is 0.820. The van der Waals surface area contributed by atoms with Gasteiger partial charge >= 0.3 is 6.18 Å². The fourth-order valence-electron chi connectivity index (χ4n) is 2.15. The molecule has 1 aromatic carbocycles. The Kier molecular flexibility index (Phi) is 6.33. The third-order valence-corrected chi connectivity index (χ3v) is 3.13. The monoisotopic (exact) mass is 289 g/mol. The summed E-state index contributed by atoms with van der Waals surface area (Å²) in [7, 11) is 1.61. The van der Waals surface area contributed by atoms with Crippen LogP contribution in [0, 0.1) is 0 Å². The van der Waals surface area contributed by atoms with Gasteiger partial charge in [0.1, 0.15) is 5.75 Å². The minimum absolute atomic E-state index is 0.0504. The standard InChI is InChI=1S/C15H22F3NO/c1-11(19-12(2)10-15(16,17)18)4-5-13-6-8-14(20-3)9-7-13/h6-9,11-12,19H,4-5,10H2,1-3H3. The van der Waals surface area contributed by atoms with Crippen molar-refractivity contribution < 1.29 is 17.9 Å². The molecule has 20 heavy (non-hydrogen) atoms. The van der Waals surface area contributed by atoms with E-state index in [9.17, 15) is 13.2 Å². The van der Waals surface area contributed by atoms with Crippen LogP contribution in [0.25, 0.3) is 0 Å². The van der Waals surface area contributed by atoms with E-state index >= 15 is 0 Å². The molecule has 0 aliphatic carbocycles. The highest BCUT2D eigenvalue weighted by molar-refractivity contribution is 5.27. The molecule has 1 rings (SSSR count). The molecule has 0 saturated heterocycles. The summed E-state index contributed by atoms with van der Waals surface area (Å²) in [6.07, 6.45) is -3.27. The average Bonchev–Trinajstić information content (AvgIpc) is 2.34. The molecule has 0 aliphatic rings. The van der Waals surface area contributed by atoms with Gasteiger partial charge in [0.25, 0.3) is 0 Å². The van der Waals surface area contributed by atoms with E-state index in [1.54, 1.807) is 14.0 Å². The highest BCUT2D eigenvalue weighted by Crippen LogP contribution is 2.21.